The van der Waals surface area contributed by atoms with Crippen molar-refractivity contribution in [2.45, 2.75) is 70.3 Å². The van der Waals surface area contributed by atoms with E-state index in [1.807, 2.05) is 19.1 Å². The van der Waals surface area contributed by atoms with Crippen molar-refractivity contribution in [2.75, 3.05) is 6.54 Å². The van der Waals surface area contributed by atoms with Crippen LogP contribution >= 0.6 is 0 Å². The molecular weight excluding hydrogens is 472 g/mol. The Labute approximate surface area is 217 Å². The van der Waals surface area contributed by atoms with Crippen molar-refractivity contribution >= 4 is 17.6 Å². The van der Waals surface area contributed by atoms with E-state index in [0.29, 0.717) is 49.0 Å². The molecule has 0 aromatic heterocycles. The van der Waals surface area contributed by atoms with Crippen molar-refractivity contribution in [3.8, 4) is 0 Å². The quantitative estimate of drug-likeness (QED) is 0.316. The number of aliphatic hydroxyl groups excluding tert-OH is 2. The number of fused-ring (bicyclic) bond motifs is 10. The molecule has 8 heteroatoms. The zero-order valence-electron chi connectivity index (χ0n) is 21.5. The summed E-state index contributed by atoms with van der Waals surface area (Å²) in [4.78, 5) is 37.7. The number of hydrogen-bond acceptors (Lipinski definition) is 6. The highest BCUT2D eigenvalue weighted by molar-refractivity contribution is 6.27. The van der Waals surface area contributed by atoms with Crippen LogP contribution in [-0.4, -0.2) is 58.7 Å². The molecule has 2 amide bonds. The summed E-state index contributed by atoms with van der Waals surface area (Å²) in [5.74, 6) is 1.36. The van der Waals surface area contributed by atoms with Crippen LogP contribution in [0.4, 0.5) is 0 Å². The molecule has 0 radical (unpaired) electrons. The summed E-state index contributed by atoms with van der Waals surface area (Å²) < 4.78 is 6.34. The van der Waals surface area contributed by atoms with Crippen LogP contribution in [0.2, 0.25) is 0 Å². The number of carbonyl (C=O) groups excluding carboxylic acids is 3. The molecule has 12 atom stereocenters. The van der Waals surface area contributed by atoms with E-state index < -0.39 is 11.9 Å². The Balaban J connectivity index is 1.32. The molecule has 0 aromatic carbocycles. The lowest BCUT2D eigenvalue weighted by molar-refractivity contribution is -0.118. The van der Waals surface area contributed by atoms with Crippen LogP contribution in [0, 0.1) is 47.3 Å². The van der Waals surface area contributed by atoms with E-state index in [1.165, 1.54) is 0 Å². The Bertz CT molecular complexity index is 1080. The van der Waals surface area contributed by atoms with E-state index in [1.54, 1.807) is 12.2 Å². The average Bonchev–Trinajstić information content (AvgIpc) is 3.30. The molecule has 2 saturated heterocycles. The van der Waals surface area contributed by atoms with Crippen LogP contribution in [0.15, 0.2) is 35.6 Å². The van der Waals surface area contributed by atoms with Gasteiger partial charge in [0.25, 0.3) is 5.91 Å². The standard InChI is InChI=1S/C29H38N2O6/c1-13-11-17-18-12-15-8-9-20(33)25-26(35)19(31-29(25)36)6-4-10-30-21(34)7-3-5-16(15)23(18)27-28(37-27)24(17)22(13)14(2)32/h3,7-9,13-19,22-24,27-28,32-33H,4-6,10-12H2,1-2H3,(H,30,34)(H,31,36)/b7-3-,9-8+,25-20?/t13-,14+,15-,16+,17+,18-,19-,22+,23-,24+,27+,28-/m1/s1. The number of nitrogens with one attached hydrogen (secondary N) is 2. The van der Waals surface area contributed by atoms with Gasteiger partial charge < -0.3 is 25.6 Å². The fourth-order valence-electron chi connectivity index (χ4n) is 8.87. The Morgan fingerprint density at radius 2 is 1.81 bits per heavy atom. The van der Waals surface area contributed by atoms with Crippen LogP contribution in [-0.2, 0) is 19.1 Å². The Morgan fingerprint density at radius 3 is 2.59 bits per heavy atom. The van der Waals surface area contributed by atoms with Crippen molar-refractivity contribution in [3.63, 3.8) is 0 Å². The summed E-state index contributed by atoms with van der Waals surface area (Å²) in [6.45, 7) is 4.57. The van der Waals surface area contributed by atoms with Crippen molar-refractivity contribution < 1.29 is 29.3 Å². The largest absolute Gasteiger partial charge is 0.507 e. The van der Waals surface area contributed by atoms with Gasteiger partial charge in [-0.15, -0.1) is 0 Å². The molecule has 0 unspecified atom stereocenters. The molecule has 3 aliphatic heterocycles. The normalized spacial score (nSPS) is 47.8. The van der Waals surface area contributed by atoms with Gasteiger partial charge in [-0.25, -0.2) is 0 Å². The lowest BCUT2D eigenvalue weighted by atomic mass is 9.65. The van der Waals surface area contributed by atoms with Gasteiger partial charge in [0, 0.05) is 6.54 Å². The van der Waals surface area contributed by atoms with E-state index in [4.69, 9.17) is 4.74 Å². The van der Waals surface area contributed by atoms with Crippen molar-refractivity contribution in [2.24, 2.45) is 47.3 Å². The number of amides is 2. The SMILES string of the molecule is C[C@H](O)[C@H]1[C@@H]2[C@@H](C[C@H]1C)[C@H]1C[C@H]3/C=C/C(O)=C4C(=O)N[C@H](CCCNC(=O)/C=C\C[C@@H]3[C@H]1[C@@H]1O[C@@H]12)C4=O. The molecule has 3 heterocycles. The van der Waals surface area contributed by atoms with Gasteiger partial charge in [0.2, 0.25) is 5.91 Å². The highest BCUT2D eigenvalue weighted by atomic mass is 16.6. The Kier molecular flexibility index (Phi) is 6.30. The number of carbonyl (C=O) groups is 3. The Hall–Kier alpha value is -2.45. The highest BCUT2D eigenvalue weighted by Gasteiger charge is 2.68. The first-order chi connectivity index (χ1) is 17.8. The number of allylic oxidation sites excluding steroid dienone is 3. The predicted octanol–water partition coefficient (Wildman–Crippen LogP) is 2.20. The summed E-state index contributed by atoms with van der Waals surface area (Å²) in [5, 5.41) is 26.9. The third kappa shape index (κ3) is 4.16. The first kappa shape index (κ1) is 24.9. The molecule has 2 bridgehead atoms. The van der Waals surface area contributed by atoms with Crippen molar-refractivity contribution in [1.29, 1.82) is 0 Å². The maximum Gasteiger partial charge on any atom is 0.259 e. The molecule has 200 valence electrons. The number of ether oxygens (including phenoxy) is 1. The lowest BCUT2D eigenvalue weighted by Crippen LogP contribution is -2.41. The zero-order valence-corrected chi connectivity index (χ0v) is 21.5. The van der Waals surface area contributed by atoms with E-state index in [2.05, 4.69) is 17.6 Å². The van der Waals surface area contributed by atoms with Crippen LogP contribution in [0.3, 0.4) is 0 Å². The highest BCUT2D eigenvalue weighted by Crippen LogP contribution is 2.66. The van der Waals surface area contributed by atoms with Gasteiger partial charge in [0.1, 0.15) is 11.3 Å². The lowest BCUT2D eigenvalue weighted by Gasteiger charge is -2.37. The Morgan fingerprint density at radius 1 is 1.05 bits per heavy atom. The maximum absolute atomic E-state index is 12.8. The molecule has 0 aromatic rings. The van der Waals surface area contributed by atoms with E-state index in [-0.39, 0.29) is 59.1 Å². The van der Waals surface area contributed by atoms with Gasteiger partial charge in [-0.3, -0.25) is 14.4 Å². The van der Waals surface area contributed by atoms with Gasteiger partial charge in [0.05, 0.1) is 24.4 Å². The smallest absolute Gasteiger partial charge is 0.259 e. The number of aliphatic hydroxyl groups is 2. The fourth-order valence-corrected chi connectivity index (χ4v) is 8.87. The van der Waals surface area contributed by atoms with Crippen LogP contribution in [0.1, 0.15) is 46.0 Å². The van der Waals surface area contributed by atoms with Gasteiger partial charge >= 0.3 is 0 Å². The first-order valence-corrected chi connectivity index (χ1v) is 14.0. The number of hydrogen-bond donors (Lipinski definition) is 4. The van der Waals surface area contributed by atoms with Crippen LogP contribution < -0.4 is 10.6 Å². The molecule has 3 saturated carbocycles. The minimum atomic E-state index is -0.674. The molecule has 37 heavy (non-hydrogen) atoms. The van der Waals surface area contributed by atoms with Crippen molar-refractivity contribution in [1.82, 2.24) is 10.6 Å². The summed E-state index contributed by atoms with van der Waals surface area (Å²) >= 11 is 0. The second kappa shape index (κ2) is 9.38. The summed E-state index contributed by atoms with van der Waals surface area (Å²) in [5.41, 5.74) is -0.167. The number of ketones is 1. The molecule has 0 spiro atoms. The second-order valence-corrected chi connectivity index (χ2v) is 12.2. The molecule has 6 aliphatic rings. The molecule has 6 rings (SSSR count). The molecule has 5 fully saturated rings. The van der Waals surface area contributed by atoms with Gasteiger partial charge in [-0.2, -0.15) is 0 Å². The minimum Gasteiger partial charge on any atom is -0.507 e. The van der Waals surface area contributed by atoms with Crippen LogP contribution in [0.25, 0.3) is 0 Å². The number of epoxide rings is 1. The minimum absolute atomic E-state index is 0.123. The molecular formula is C29H38N2O6. The van der Waals surface area contributed by atoms with Gasteiger partial charge in [-0.1, -0.05) is 19.1 Å². The van der Waals surface area contributed by atoms with E-state index in [0.717, 1.165) is 19.3 Å². The average molecular weight is 511 g/mol. The monoisotopic (exact) mass is 510 g/mol. The third-order valence-corrected chi connectivity index (χ3v) is 10.2. The number of Topliss-reactive ketones (excluding diaryl/α,β-unsaturated/α-hetero) is 1. The van der Waals surface area contributed by atoms with Crippen LogP contribution in [0.5, 0.6) is 0 Å². The zero-order chi connectivity index (χ0) is 26.0. The maximum atomic E-state index is 12.8. The molecule has 3 aliphatic carbocycles. The summed E-state index contributed by atoms with van der Waals surface area (Å²) in [6, 6.07) is -0.674. The second-order valence-electron chi connectivity index (χ2n) is 12.2. The van der Waals surface area contributed by atoms with Gasteiger partial charge in [0.15, 0.2) is 5.78 Å². The van der Waals surface area contributed by atoms with E-state index >= 15 is 0 Å². The predicted molar refractivity (Wildman–Crippen MR) is 135 cm³/mol. The topological polar surface area (TPSA) is 128 Å². The van der Waals surface area contributed by atoms with Gasteiger partial charge in [-0.05, 0) is 98.5 Å². The van der Waals surface area contributed by atoms with Crippen molar-refractivity contribution in [3.05, 3.63) is 35.6 Å². The molecule has 8 nitrogen and oxygen atoms in total. The summed E-state index contributed by atoms with van der Waals surface area (Å²) in [6.07, 6.45) is 10.8. The number of rotatable bonds is 1. The van der Waals surface area contributed by atoms with E-state index in [9.17, 15) is 24.6 Å². The molecule has 4 N–H and O–H groups in total. The third-order valence-electron chi connectivity index (χ3n) is 10.2. The fraction of sp³-hybridized carbons (Fsp3) is 0.690. The first-order valence-electron chi connectivity index (χ1n) is 14.0. The summed E-state index contributed by atoms with van der Waals surface area (Å²) in [7, 11) is 0.